The molecule has 1 fully saturated rings. The van der Waals surface area contributed by atoms with Crippen molar-refractivity contribution >= 4 is 29.4 Å². The highest BCUT2D eigenvalue weighted by molar-refractivity contribution is 5.98. The van der Waals surface area contributed by atoms with Crippen LogP contribution in [0, 0.1) is 5.92 Å². The fraction of sp³-hybridized carbons (Fsp3) is 0.350. The van der Waals surface area contributed by atoms with Crippen LogP contribution in [0.5, 0.6) is 0 Å². The summed E-state index contributed by atoms with van der Waals surface area (Å²) in [5.74, 6) is -1.30. The van der Waals surface area contributed by atoms with Crippen molar-refractivity contribution < 1.29 is 22.8 Å². The zero-order valence-corrected chi connectivity index (χ0v) is 18.7. The number of nitrogens with one attached hydrogen (secondary N) is 3. The van der Waals surface area contributed by atoms with Crippen molar-refractivity contribution in [3.8, 4) is 11.4 Å². The third-order valence-electron chi connectivity index (χ3n) is 5.28. The minimum atomic E-state index is -4.23. The van der Waals surface area contributed by atoms with Gasteiger partial charge in [-0.2, -0.15) is 13.2 Å². The van der Waals surface area contributed by atoms with Crippen LogP contribution in [0.2, 0.25) is 0 Å². The first kappa shape index (κ1) is 23.8. The van der Waals surface area contributed by atoms with Gasteiger partial charge in [0.25, 0.3) is 5.91 Å². The van der Waals surface area contributed by atoms with Crippen molar-refractivity contribution in [3.05, 3.63) is 36.7 Å². The van der Waals surface area contributed by atoms with E-state index in [1.807, 2.05) is 0 Å². The molecule has 0 aromatic carbocycles. The first-order chi connectivity index (χ1) is 16.7. The summed E-state index contributed by atoms with van der Waals surface area (Å²) in [5.41, 5.74) is 0.627. The summed E-state index contributed by atoms with van der Waals surface area (Å²) in [6, 6.07) is 1.49. The molecule has 3 aromatic rings. The second-order valence-corrected chi connectivity index (χ2v) is 7.63. The van der Waals surface area contributed by atoms with Crippen molar-refractivity contribution in [2.45, 2.75) is 12.7 Å². The third kappa shape index (κ3) is 5.12. The zero-order valence-electron chi connectivity index (χ0n) is 18.7. The van der Waals surface area contributed by atoms with Gasteiger partial charge in [0.15, 0.2) is 17.3 Å². The van der Waals surface area contributed by atoms with Gasteiger partial charge >= 0.3 is 6.18 Å². The number of alkyl halides is 3. The molecule has 0 aliphatic carbocycles. The van der Waals surface area contributed by atoms with Gasteiger partial charge in [0, 0.05) is 45.8 Å². The Balaban J connectivity index is 1.41. The van der Waals surface area contributed by atoms with Gasteiger partial charge in [0.1, 0.15) is 12.4 Å². The highest BCUT2D eigenvalue weighted by Crippen LogP contribution is 2.35. The number of anilines is 3. The molecular formula is C20H21F3N10O2. The summed E-state index contributed by atoms with van der Waals surface area (Å²) in [5, 5.41) is 7.93. The molecule has 35 heavy (non-hydrogen) atoms. The van der Waals surface area contributed by atoms with Crippen LogP contribution in [0.3, 0.4) is 0 Å². The lowest BCUT2D eigenvalue weighted by Crippen LogP contribution is -2.54. The molecule has 4 heterocycles. The average molecular weight is 490 g/mol. The normalized spacial score (nSPS) is 13.8. The molecular weight excluding hydrogens is 469 g/mol. The van der Waals surface area contributed by atoms with Crippen molar-refractivity contribution in [1.82, 2.24) is 34.8 Å². The summed E-state index contributed by atoms with van der Waals surface area (Å²) in [4.78, 5) is 46.8. The molecule has 0 atom stereocenters. The predicted molar refractivity (Wildman–Crippen MR) is 119 cm³/mol. The minimum absolute atomic E-state index is 0.185. The third-order valence-corrected chi connectivity index (χ3v) is 5.28. The van der Waals surface area contributed by atoms with E-state index in [-0.39, 0.29) is 42.9 Å². The highest BCUT2D eigenvalue weighted by Gasteiger charge is 2.47. The molecule has 1 aliphatic heterocycles. The number of carbonyl (C=O) groups is 2. The fourth-order valence-electron chi connectivity index (χ4n) is 3.39. The number of halogens is 3. The Morgan fingerprint density at radius 3 is 2.46 bits per heavy atom. The van der Waals surface area contributed by atoms with Gasteiger partial charge in [-0.25, -0.2) is 24.9 Å². The molecule has 0 radical (unpaired) electrons. The highest BCUT2D eigenvalue weighted by atomic mass is 19.4. The van der Waals surface area contributed by atoms with E-state index in [4.69, 9.17) is 0 Å². The van der Waals surface area contributed by atoms with Crippen molar-refractivity contribution in [1.29, 1.82) is 0 Å². The molecule has 0 unspecified atom stereocenters. The van der Waals surface area contributed by atoms with Gasteiger partial charge < -0.3 is 25.4 Å². The zero-order chi connectivity index (χ0) is 25.2. The van der Waals surface area contributed by atoms with Crippen LogP contribution in [-0.4, -0.2) is 74.7 Å². The van der Waals surface area contributed by atoms with Crippen molar-refractivity contribution in [2.24, 2.45) is 5.92 Å². The lowest BCUT2D eigenvalue weighted by molar-refractivity contribution is -0.180. The lowest BCUT2D eigenvalue weighted by atomic mass is 10.0. The number of nitrogens with zero attached hydrogens (tertiary/aromatic N) is 7. The van der Waals surface area contributed by atoms with E-state index < -0.39 is 23.9 Å². The number of rotatable bonds is 7. The molecule has 1 aliphatic rings. The molecule has 0 spiro atoms. The van der Waals surface area contributed by atoms with E-state index in [1.54, 1.807) is 7.05 Å². The minimum Gasteiger partial charge on any atom is -0.371 e. The number of carbonyl (C=O) groups excluding carboxylic acids is 2. The van der Waals surface area contributed by atoms with Gasteiger partial charge in [-0.3, -0.25) is 9.59 Å². The van der Waals surface area contributed by atoms with E-state index in [0.717, 1.165) is 0 Å². The Hall–Kier alpha value is -4.30. The number of hydrogen-bond acceptors (Lipinski definition) is 9. The van der Waals surface area contributed by atoms with Crippen LogP contribution in [0.25, 0.3) is 11.4 Å². The SMILES string of the molecule is CNC(=O)c1c(NC)ncn1CC(=O)Nc1ccnc(-c2cnc(N3CC(C(F)(F)F)C3)nc2)n1. The van der Waals surface area contributed by atoms with Crippen LogP contribution >= 0.6 is 0 Å². The lowest BCUT2D eigenvalue weighted by Gasteiger charge is -2.39. The van der Waals surface area contributed by atoms with E-state index in [1.165, 1.54) is 47.5 Å². The van der Waals surface area contributed by atoms with E-state index in [0.29, 0.717) is 11.4 Å². The standard InChI is InChI=1S/C20H21F3N10O2/c1-24-17-15(18(35)25-2)33(10-29-17)9-14(34)30-13-3-4-26-16(31-13)11-5-27-19(28-6-11)32-7-12(8-32)20(21,22)23/h3-6,10,12,24H,7-9H2,1-2H3,(H,25,35)(H,26,30,31,34). The Bertz CT molecular complexity index is 1220. The quantitative estimate of drug-likeness (QED) is 0.445. The maximum absolute atomic E-state index is 12.7. The second kappa shape index (κ2) is 9.52. The first-order valence-corrected chi connectivity index (χ1v) is 10.4. The van der Waals surface area contributed by atoms with Crippen LogP contribution in [0.1, 0.15) is 10.5 Å². The summed E-state index contributed by atoms with van der Waals surface area (Å²) in [7, 11) is 3.08. The molecule has 2 amide bonds. The first-order valence-electron chi connectivity index (χ1n) is 10.4. The smallest absolute Gasteiger partial charge is 0.371 e. The number of hydrogen-bond donors (Lipinski definition) is 3. The van der Waals surface area contributed by atoms with E-state index in [9.17, 15) is 22.8 Å². The molecule has 3 aromatic heterocycles. The molecule has 184 valence electrons. The molecule has 12 nitrogen and oxygen atoms in total. The van der Waals surface area contributed by atoms with E-state index in [2.05, 4.69) is 40.9 Å². The summed E-state index contributed by atoms with van der Waals surface area (Å²) < 4.78 is 39.4. The number of imidazole rings is 1. The average Bonchev–Trinajstić information content (AvgIpc) is 3.19. The van der Waals surface area contributed by atoms with Gasteiger partial charge in [-0.05, 0) is 6.07 Å². The fourth-order valence-corrected chi connectivity index (χ4v) is 3.39. The summed E-state index contributed by atoms with van der Waals surface area (Å²) in [6.07, 6.45) is 1.39. The Morgan fingerprint density at radius 1 is 1.11 bits per heavy atom. The van der Waals surface area contributed by atoms with Crippen LogP contribution in [-0.2, 0) is 11.3 Å². The molecule has 3 N–H and O–H groups in total. The van der Waals surface area contributed by atoms with Crippen LogP contribution in [0.4, 0.5) is 30.8 Å². The van der Waals surface area contributed by atoms with Gasteiger partial charge in [0.05, 0.1) is 17.8 Å². The van der Waals surface area contributed by atoms with Gasteiger partial charge in [-0.15, -0.1) is 0 Å². The largest absolute Gasteiger partial charge is 0.395 e. The molecule has 0 saturated carbocycles. The summed E-state index contributed by atoms with van der Waals surface area (Å²) >= 11 is 0. The molecule has 0 bridgehead atoms. The van der Waals surface area contributed by atoms with E-state index >= 15 is 0 Å². The predicted octanol–water partition coefficient (Wildman–Crippen LogP) is 1.17. The van der Waals surface area contributed by atoms with Crippen molar-refractivity contribution in [2.75, 3.05) is 42.7 Å². The van der Waals surface area contributed by atoms with Gasteiger partial charge in [-0.1, -0.05) is 0 Å². The number of amides is 2. The topological polar surface area (TPSA) is 143 Å². The number of aromatic nitrogens is 6. The second-order valence-electron chi connectivity index (χ2n) is 7.63. The Labute approximate surface area is 197 Å². The molecule has 4 rings (SSSR count). The molecule has 1 saturated heterocycles. The monoisotopic (exact) mass is 490 g/mol. The maximum Gasteiger partial charge on any atom is 0.395 e. The summed E-state index contributed by atoms with van der Waals surface area (Å²) in [6.45, 7) is -0.562. The van der Waals surface area contributed by atoms with Gasteiger partial charge in [0.2, 0.25) is 11.9 Å². The Morgan fingerprint density at radius 2 is 1.83 bits per heavy atom. The van der Waals surface area contributed by atoms with Crippen molar-refractivity contribution in [3.63, 3.8) is 0 Å². The van der Waals surface area contributed by atoms with Crippen LogP contribution < -0.4 is 20.9 Å². The molecule has 15 heteroatoms. The Kier molecular flexibility index (Phi) is 6.48. The van der Waals surface area contributed by atoms with Crippen LogP contribution in [0.15, 0.2) is 31.0 Å². The maximum atomic E-state index is 12.7.